The molecule has 11 heteroatoms. The summed E-state index contributed by atoms with van der Waals surface area (Å²) in [5, 5.41) is 10.5. The average molecular weight is 636 g/mol. The minimum atomic E-state index is -1.37. The Kier molecular flexibility index (Phi) is 10.9. The number of hydrogen-bond acceptors (Lipinski definition) is 5. The van der Waals surface area contributed by atoms with Crippen molar-refractivity contribution in [3.05, 3.63) is 58.5 Å². The van der Waals surface area contributed by atoms with Gasteiger partial charge >= 0.3 is 6.09 Å². The molecule has 39 heavy (non-hydrogen) atoms. The van der Waals surface area contributed by atoms with Crippen molar-refractivity contribution in [1.29, 1.82) is 0 Å². The first kappa shape index (κ1) is 31.5. The molecule has 0 bridgehead atoms. The fourth-order valence-corrected chi connectivity index (χ4v) is 6.01. The number of carboxylic acid groups (broad SMARTS) is 1. The van der Waals surface area contributed by atoms with E-state index in [2.05, 4.69) is 60.2 Å². The number of aromatic nitrogens is 3. The van der Waals surface area contributed by atoms with E-state index in [9.17, 15) is 9.90 Å². The average Bonchev–Trinajstić information content (AvgIpc) is 3.18. The number of pyridine rings is 1. The van der Waals surface area contributed by atoms with Gasteiger partial charge in [-0.1, -0.05) is 69.6 Å². The van der Waals surface area contributed by atoms with Gasteiger partial charge in [-0.15, -0.1) is 0 Å². The molecule has 0 aliphatic heterocycles. The summed E-state index contributed by atoms with van der Waals surface area (Å²) in [4.78, 5) is 23.7. The molecule has 8 nitrogen and oxygen atoms in total. The van der Waals surface area contributed by atoms with Gasteiger partial charge in [0.05, 0.1) is 6.04 Å². The Bertz CT molecular complexity index is 1230. The first-order valence-electron chi connectivity index (χ1n) is 13.5. The van der Waals surface area contributed by atoms with E-state index in [1.165, 1.54) is 4.90 Å². The van der Waals surface area contributed by atoms with Crippen molar-refractivity contribution in [2.45, 2.75) is 83.7 Å². The molecule has 0 fully saturated rings. The predicted octanol–water partition coefficient (Wildman–Crippen LogP) is 7.47. The van der Waals surface area contributed by atoms with Crippen molar-refractivity contribution < 1.29 is 19.4 Å². The molecule has 1 unspecified atom stereocenters. The highest BCUT2D eigenvalue weighted by atomic mass is 79.9. The fourth-order valence-electron chi connectivity index (χ4n) is 4.20. The quantitative estimate of drug-likeness (QED) is 0.112. The van der Waals surface area contributed by atoms with E-state index in [4.69, 9.17) is 14.5 Å². The van der Waals surface area contributed by atoms with Crippen LogP contribution < -0.4 is 0 Å². The number of hydrogen-bond donors (Lipinski definition) is 1. The standard InChI is InChI=1S/C28H43BrN4O4Si2/c1-21(26-31-24-18-23(29)19-30-27(24)32(26)20-36-13-15-38(2,3)4)33(28(34)35)25(37-14-16-39(5,6)7)17-22-11-9-8-10-12-22/h8-12,18-19,21,25H,13-17,20H2,1-7H3,(H,34,35)/t21-,25?/m1/s1. The molecule has 1 N–H and O–H groups in total. The first-order chi connectivity index (χ1) is 18.2. The Morgan fingerprint density at radius 1 is 1.08 bits per heavy atom. The molecule has 3 aromatic rings. The van der Waals surface area contributed by atoms with Gasteiger partial charge in [0.15, 0.2) is 5.65 Å². The Hall–Kier alpha value is -2.06. The van der Waals surface area contributed by atoms with E-state index in [-0.39, 0.29) is 6.73 Å². The molecular formula is C28H43BrN4O4Si2. The fraction of sp³-hybridized carbons (Fsp3) is 0.536. The maximum atomic E-state index is 12.8. The smallest absolute Gasteiger partial charge is 0.409 e. The molecule has 0 saturated carbocycles. The van der Waals surface area contributed by atoms with Gasteiger partial charge in [-0.2, -0.15) is 0 Å². The summed E-state index contributed by atoms with van der Waals surface area (Å²) in [6.45, 7) is 17.1. The molecule has 3 rings (SSSR count). The van der Waals surface area contributed by atoms with E-state index in [0.29, 0.717) is 36.6 Å². The summed E-state index contributed by atoms with van der Waals surface area (Å²) in [6, 6.07) is 13.2. The number of imidazole rings is 1. The summed E-state index contributed by atoms with van der Waals surface area (Å²) in [6.07, 6.45) is 0.449. The SMILES string of the molecule is C[C@H](c1nc2cc(Br)cnc2n1COCC[Si](C)(C)C)N(C(=O)O)C(Cc1ccccc1)OCC[Si](C)(C)C. The van der Waals surface area contributed by atoms with Crippen LogP contribution in [0.4, 0.5) is 4.79 Å². The second-order valence-electron chi connectivity index (χ2n) is 12.4. The maximum Gasteiger partial charge on any atom is 0.409 e. The molecule has 2 aromatic heterocycles. The molecule has 1 amide bonds. The molecule has 1 aromatic carbocycles. The number of amides is 1. The highest BCUT2D eigenvalue weighted by molar-refractivity contribution is 9.10. The predicted molar refractivity (Wildman–Crippen MR) is 166 cm³/mol. The normalized spacial score (nSPS) is 13.9. The minimum absolute atomic E-state index is 0.253. The number of halogens is 1. The minimum Gasteiger partial charge on any atom is -0.465 e. The number of benzene rings is 1. The van der Waals surface area contributed by atoms with Crippen LogP contribution >= 0.6 is 15.9 Å². The summed E-state index contributed by atoms with van der Waals surface area (Å²) >= 11 is 3.49. The van der Waals surface area contributed by atoms with E-state index in [1.807, 2.05) is 47.9 Å². The molecule has 214 valence electrons. The molecule has 2 atom stereocenters. The van der Waals surface area contributed by atoms with Crippen molar-refractivity contribution in [1.82, 2.24) is 19.4 Å². The zero-order valence-electron chi connectivity index (χ0n) is 24.3. The molecule has 0 saturated heterocycles. The molecule has 2 heterocycles. The molecule has 0 aliphatic rings. The van der Waals surface area contributed by atoms with E-state index < -0.39 is 34.5 Å². The zero-order valence-corrected chi connectivity index (χ0v) is 27.9. The summed E-state index contributed by atoms with van der Waals surface area (Å²) in [5.74, 6) is 0.581. The number of rotatable bonds is 14. The zero-order chi connectivity index (χ0) is 28.8. The van der Waals surface area contributed by atoms with Gasteiger partial charge in [0.25, 0.3) is 0 Å². The first-order valence-corrected chi connectivity index (χ1v) is 21.7. The van der Waals surface area contributed by atoms with E-state index in [1.54, 1.807) is 6.20 Å². The third-order valence-electron chi connectivity index (χ3n) is 6.54. The topological polar surface area (TPSA) is 89.7 Å². The Balaban J connectivity index is 1.96. The van der Waals surface area contributed by atoms with Crippen molar-refractivity contribution in [2.24, 2.45) is 0 Å². The highest BCUT2D eigenvalue weighted by Crippen LogP contribution is 2.29. The molecule has 0 spiro atoms. The van der Waals surface area contributed by atoms with Crippen LogP contribution in [-0.4, -0.2) is 66.2 Å². The van der Waals surface area contributed by atoms with Gasteiger partial charge in [0.2, 0.25) is 0 Å². The van der Waals surface area contributed by atoms with Crippen molar-refractivity contribution in [3.8, 4) is 0 Å². The van der Waals surface area contributed by atoms with Gasteiger partial charge in [-0.3, -0.25) is 9.47 Å². The molecule has 0 aliphatic carbocycles. The second-order valence-corrected chi connectivity index (χ2v) is 24.6. The van der Waals surface area contributed by atoms with Crippen LogP contribution in [0, 0.1) is 0 Å². The van der Waals surface area contributed by atoms with Crippen LogP contribution in [0.1, 0.15) is 24.4 Å². The van der Waals surface area contributed by atoms with Crippen LogP contribution in [0.5, 0.6) is 0 Å². The Labute approximate surface area is 242 Å². The summed E-state index contributed by atoms with van der Waals surface area (Å²) < 4.78 is 15.2. The highest BCUT2D eigenvalue weighted by Gasteiger charge is 2.34. The van der Waals surface area contributed by atoms with Gasteiger partial charge in [-0.05, 0) is 46.6 Å². The van der Waals surface area contributed by atoms with Gasteiger partial charge < -0.3 is 14.6 Å². The lowest BCUT2D eigenvalue weighted by Gasteiger charge is -2.34. The van der Waals surface area contributed by atoms with E-state index in [0.717, 1.165) is 22.1 Å². The van der Waals surface area contributed by atoms with Crippen LogP contribution in [0.25, 0.3) is 11.2 Å². The third kappa shape index (κ3) is 9.52. The number of ether oxygens (including phenoxy) is 2. The van der Waals surface area contributed by atoms with Crippen LogP contribution in [-0.2, 0) is 22.6 Å². The molecule has 0 radical (unpaired) electrons. The van der Waals surface area contributed by atoms with Gasteiger partial charge in [-0.25, -0.2) is 14.8 Å². The number of fused-ring (bicyclic) bond motifs is 1. The maximum absolute atomic E-state index is 12.8. The van der Waals surface area contributed by atoms with Crippen molar-refractivity contribution in [3.63, 3.8) is 0 Å². The summed E-state index contributed by atoms with van der Waals surface area (Å²) in [7, 11) is -2.63. The van der Waals surface area contributed by atoms with Crippen LogP contribution in [0.3, 0.4) is 0 Å². The van der Waals surface area contributed by atoms with Crippen LogP contribution in [0.2, 0.25) is 51.4 Å². The largest absolute Gasteiger partial charge is 0.465 e. The third-order valence-corrected chi connectivity index (χ3v) is 10.4. The van der Waals surface area contributed by atoms with Gasteiger partial charge in [0, 0.05) is 46.5 Å². The van der Waals surface area contributed by atoms with Gasteiger partial charge in [0.1, 0.15) is 24.3 Å². The van der Waals surface area contributed by atoms with Crippen molar-refractivity contribution >= 4 is 49.3 Å². The summed E-state index contributed by atoms with van der Waals surface area (Å²) in [5.41, 5.74) is 2.37. The lowest BCUT2D eigenvalue weighted by molar-refractivity contribution is -0.0604. The van der Waals surface area contributed by atoms with Crippen molar-refractivity contribution in [2.75, 3.05) is 13.2 Å². The Morgan fingerprint density at radius 2 is 1.72 bits per heavy atom. The lowest BCUT2D eigenvalue weighted by Crippen LogP contribution is -2.45. The van der Waals surface area contributed by atoms with E-state index >= 15 is 0 Å². The Morgan fingerprint density at radius 3 is 2.33 bits per heavy atom. The monoisotopic (exact) mass is 634 g/mol. The lowest BCUT2D eigenvalue weighted by atomic mass is 10.1. The number of nitrogens with zero attached hydrogens (tertiary/aromatic N) is 4. The second kappa shape index (κ2) is 13.5. The van der Waals surface area contributed by atoms with Crippen LogP contribution in [0.15, 0.2) is 47.1 Å². The molecular weight excluding hydrogens is 592 g/mol. The number of carbonyl (C=O) groups is 1.